The molecule has 0 bridgehead atoms. The minimum atomic E-state index is -3.59. The molecule has 1 N–H and O–H groups in total. The normalized spacial score (nSPS) is 15.7. The second-order valence-corrected chi connectivity index (χ2v) is 9.31. The van der Waals surface area contributed by atoms with Crippen molar-refractivity contribution >= 4 is 44.3 Å². The summed E-state index contributed by atoms with van der Waals surface area (Å²) in [5, 5.41) is 0.519. The van der Waals surface area contributed by atoms with Crippen LogP contribution < -0.4 is 9.62 Å². The molecule has 0 unspecified atom stereocenters. The number of aryl methyl sites for hydroxylation is 1. The van der Waals surface area contributed by atoms with Crippen molar-refractivity contribution in [3.63, 3.8) is 0 Å². The first kappa shape index (κ1) is 16.6. The average Bonchev–Trinajstić information content (AvgIpc) is 2.95. The maximum Gasteiger partial charge on any atom is 0.271 e. The number of benzene rings is 1. The maximum absolute atomic E-state index is 12.6. The van der Waals surface area contributed by atoms with E-state index < -0.39 is 10.0 Å². The van der Waals surface area contributed by atoms with Crippen LogP contribution in [0.2, 0.25) is 5.02 Å². The van der Waals surface area contributed by atoms with Crippen LogP contribution in [0, 0.1) is 6.92 Å². The standard InChI is InChI=1S/C16H19ClN2O2S2/c1-12-5-8-16(22-12)23(20,21)18-14-11-13(17)6-7-15(14)19-9-3-2-4-10-19/h5-8,11,18H,2-4,9-10H2,1H3. The Balaban J connectivity index is 1.93. The quantitative estimate of drug-likeness (QED) is 0.861. The summed E-state index contributed by atoms with van der Waals surface area (Å²) in [6, 6.07) is 8.82. The Bertz CT molecular complexity index is 796. The number of piperidine rings is 1. The van der Waals surface area contributed by atoms with Crippen LogP contribution in [0.5, 0.6) is 0 Å². The predicted octanol–water partition coefficient (Wildman–Crippen LogP) is 4.50. The van der Waals surface area contributed by atoms with E-state index in [4.69, 9.17) is 11.6 Å². The minimum Gasteiger partial charge on any atom is -0.370 e. The molecule has 1 fully saturated rings. The van der Waals surface area contributed by atoms with Crippen molar-refractivity contribution in [3.05, 3.63) is 40.2 Å². The van der Waals surface area contributed by atoms with Gasteiger partial charge in [0.1, 0.15) is 4.21 Å². The van der Waals surface area contributed by atoms with Gasteiger partial charge in [0.2, 0.25) is 0 Å². The molecule has 7 heteroatoms. The summed E-state index contributed by atoms with van der Waals surface area (Å²) in [5.74, 6) is 0. The number of nitrogens with one attached hydrogen (secondary N) is 1. The van der Waals surface area contributed by atoms with Crippen LogP contribution in [0.3, 0.4) is 0 Å². The lowest BCUT2D eigenvalue weighted by Crippen LogP contribution is -2.30. The maximum atomic E-state index is 12.6. The molecule has 3 rings (SSSR count). The van der Waals surface area contributed by atoms with Gasteiger partial charge in [0.25, 0.3) is 10.0 Å². The summed E-state index contributed by atoms with van der Waals surface area (Å²) in [4.78, 5) is 3.19. The molecule has 4 nitrogen and oxygen atoms in total. The van der Waals surface area contributed by atoms with Gasteiger partial charge in [-0.2, -0.15) is 0 Å². The van der Waals surface area contributed by atoms with Crippen LogP contribution >= 0.6 is 22.9 Å². The number of hydrogen-bond acceptors (Lipinski definition) is 4. The molecule has 1 aliphatic rings. The minimum absolute atomic E-state index is 0.319. The highest BCUT2D eigenvalue weighted by Gasteiger charge is 2.21. The number of hydrogen-bond donors (Lipinski definition) is 1. The first-order valence-electron chi connectivity index (χ1n) is 7.59. The first-order valence-corrected chi connectivity index (χ1v) is 10.3. The van der Waals surface area contributed by atoms with Crippen molar-refractivity contribution in [1.82, 2.24) is 0 Å². The molecular weight excluding hydrogens is 352 g/mol. The van der Waals surface area contributed by atoms with Gasteiger partial charge >= 0.3 is 0 Å². The molecule has 1 aromatic carbocycles. The number of rotatable bonds is 4. The van der Waals surface area contributed by atoms with E-state index in [1.165, 1.54) is 17.8 Å². The van der Waals surface area contributed by atoms with Crippen LogP contribution in [0.25, 0.3) is 0 Å². The molecule has 1 aromatic heterocycles. The van der Waals surface area contributed by atoms with Crippen molar-refractivity contribution in [2.24, 2.45) is 0 Å². The monoisotopic (exact) mass is 370 g/mol. The summed E-state index contributed by atoms with van der Waals surface area (Å²) < 4.78 is 28.2. The summed E-state index contributed by atoms with van der Waals surface area (Å²) in [7, 11) is -3.59. The van der Waals surface area contributed by atoms with Crippen molar-refractivity contribution in [2.75, 3.05) is 22.7 Å². The Morgan fingerprint density at radius 2 is 1.87 bits per heavy atom. The fraction of sp³-hybridized carbons (Fsp3) is 0.375. The van der Waals surface area contributed by atoms with E-state index in [1.54, 1.807) is 18.2 Å². The molecule has 0 atom stereocenters. The molecule has 0 saturated carbocycles. The molecule has 23 heavy (non-hydrogen) atoms. The molecule has 124 valence electrons. The molecular formula is C16H19ClN2O2S2. The van der Waals surface area contributed by atoms with E-state index in [2.05, 4.69) is 9.62 Å². The molecule has 2 heterocycles. The van der Waals surface area contributed by atoms with E-state index >= 15 is 0 Å². The third kappa shape index (κ3) is 3.82. The molecule has 1 saturated heterocycles. The molecule has 1 aliphatic heterocycles. The lowest BCUT2D eigenvalue weighted by atomic mass is 10.1. The highest BCUT2D eigenvalue weighted by molar-refractivity contribution is 7.94. The second-order valence-electron chi connectivity index (χ2n) is 5.68. The van der Waals surface area contributed by atoms with Crippen LogP contribution in [0.4, 0.5) is 11.4 Å². The van der Waals surface area contributed by atoms with Crippen LogP contribution in [0.1, 0.15) is 24.1 Å². The average molecular weight is 371 g/mol. The van der Waals surface area contributed by atoms with Crippen LogP contribution in [0.15, 0.2) is 34.5 Å². The second kappa shape index (κ2) is 6.71. The van der Waals surface area contributed by atoms with Gasteiger partial charge in [0, 0.05) is 23.0 Å². The Kier molecular flexibility index (Phi) is 4.85. The van der Waals surface area contributed by atoms with E-state index in [1.807, 2.05) is 19.1 Å². The van der Waals surface area contributed by atoms with Gasteiger partial charge < -0.3 is 4.90 Å². The molecule has 2 aromatic rings. The number of thiophene rings is 1. The third-order valence-corrected chi connectivity index (χ3v) is 6.97. The number of nitrogens with zero attached hydrogens (tertiary/aromatic N) is 1. The topological polar surface area (TPSA) is 49.4 Å². The highest BCUT2D eigenvalue weighted by atomic mass is 35.5. The Morgan fingerprint density at radius 3 is 2.52 bits per heavy atom. The van der Waals surface area contributed by atoms with Crippen molar-refractivity contribution in [2.45, 2.75) is 30.4 Å². The summed E-state index contributed by atoms with van der Waals surface area (Å²) in [6.45, 7) is 3.77. The smallest absolute Gasteiger partial charge is 0.271 e. The zero-order valence-electron chi connectivity index (χ0n) is 12.9. The Labute approximate surface area is 146 Å². The van der Waals surface area contributed by atoms with E-state index in [0.717, 1.165) is 36.5 Å². The van der Waals surface area contributed by atoms with Crippen LogP contribution in [-0.2, 0) is 10.0 Å². The molecule has 0 spiro atoms. The molecule has 0 radical (unpaired) electrons. The molecule has 0 amide bonds. The van der Waals surface area contributed by atoms with E-state index in [9.17, 15) is 8.42 Å². The van der Waals surface area contributed by atoms with Gasteiger partial charge in [-0.1, -0.05) is 11.6 Å². The van der Waals surface area contributed by atoms with Crippen LogP contribution in [-0.4, -0.2) is 21.5 Å². The van der Waals surface area contributed by atoms with E-state index in [-0.39, 0.29) is 0 Å². The van der Waals surface area contributed by atoms with Gasteiger partial charge in [0.05, 0.1) is 11.4 Å². The molecule has 0 aliphatic carbocycles. The van der Waals surface area contributed by atoms with Gasteiger partial charge in [-0.3, -0.25) is 4.72 Å². The number of halogens is 1. The lowest BCUT2D eigenvalue weighted by molar-refractivity contribution is 0.578. The van der Waals surface area contributed by atoms with Crippen molar-refractivity contribution in [3.8, 4) is 0 Å². The van der Waals surface area contributed by atoms with Gasteiger partial charge in [-0.15, -0.1) is 11.3 Å². The number of sulfonamides is 1. The highest BCUT2D eigenvalue weighted by Crippen LogP contribution is 2.33. The van der Waals surface area contributed by atoms with Crippen molar-refractivity contribution in [1.29, 1.82) is 0 Å². The van der Waals surface area contributed by atoms with E-state index in [0.29, 0.717) is 14.9 Å². The Morgan fingerprint density at radius 1 is 1.13 bits per heavy atom. The zero-order chi connectivity index (χ0) is 16.4. The first-order chi connectivity index (χ1) is 11.0. The Hall–Kier alpha value is -1.24. The van der Waals surface area contributed by atoms with Crippen molar-refractivity contribution < 1.29 is 8.42 Å². The lowest BCUT2D eigenvalue weighted by Gasteiger charge is -2.30. The fourth-order valence-corrected chi connectivity index (χ4v) is 5.27. The SMILES string of the molecule is Cc1ccc(S(=O)(=O)Nc2cc(Cl)ccc2N2CCCCC2)s1. The fourth-order valence-electron chi connectivity index (χ4n) is 2.75. The summed E-state index contributed by atoms with van der Waals surface area (Å²) >= 11 is 7.35. The van der Waals surface area contributed by atoms with Gasteiger partial charge in [-0.05, 0) is 56.5 Å². The predicted molar refractivity (Wildman–Crippen MR) is 97.4 cm³/mol. The third-order valence-electron chi connectivity index (χ3n) is 3.88. The van der Waals surface area contributed by atoms with Gasteiger partial charge in [-0.25, -0.2) is 8.42 Å². The van der Waals surface area contributed by atoms with Gasteiger partial charge in [0.15, 0.2) is 0 Å². The number of anilines is 2. The summed E-state index contributed by atoms with van der Waals surface area (Å²) in [5.41, 5.74) is 1.44. The zero-order valence-corrected chi connectivity index (χ0v) is 15.3. The largest absolute Gasteiger partial charge is 0.370 e. The summed E-state index contributed by atoms with van der Waals surface area (Å²) in [6.07, 6.45) is 3.47.